The number of ketones is 1. The Morgan fingerprint density at radius 2 is 1.49 bits per heavy atom. The molecule has 3 aromatic carbocycles. The average Bonchev–Trinajstić information content (AvgIpc) is 3.56. The molecule has 0 aliphatic carbocycles. The number of anilines is 2. The maximum absolute atomic E-state index is 14.1. The molecule has 57 heavy (non-hydrogen) atoms. The fraction of sp³-hybridized carbons (Fsp3) is 0.432. The van der Waals surface area contributed by atoms with Crippen LogP contribution in [0.3, 0.4) is 0 Å². The lowest BCUT2D eigenvalue weighted by atomic mass is 9.76. The molecule has 0 aliphatic rings. The Bertz CT molecular complexity index is 2110. The van der Waals surface area contributed by atoms with Gasteiger partial charge in [-0.25, -0.2) is 9.59 Å². The summed E-state index contributed by atoms with van der Waals surface area (Å²) in [5.41, 5.74) is 1.65. The minimum Gasteiger partial charge on any atom is -0.497 e. The number of esters is 1. The van der Waals surface area contributed by atoms with E-state index in [9.17, 15) is 24.0 Å². The summed E-state index contributed by atoms with van der Waals surface area (Å²) in [7, 11) is 2.86. The first-order chi connectivity index (χ1) is 27.0. The lowest BCUT2D eigenvalue weighted by Gasteiger charge is -2.30. The van der Waals surface area contributed by atoms with Gasteiger partial charge in [-0.3, -0.25) is 19.0 Å². The number of hydrogen-bond donors (Lipinski definition) is 3. The summed E-state index contributed by atoms with van der Waals surface area (Å²) in [5.74, 6) is -1.44. The second-order valence-electron chi connectivity index (χ2n) is 15.4. The van der Waals surface area contributed by atoms with Crippen molar-refractivity contribution in [2.45, 2.75) is 104 Å². The molecule has 13 heteroatoms. The van der Waals surface area contributed by atoms with Crippen LogP contribution in [0.1, 0.15) is 119 Å². The van der Waals surface area contributed by atoms with E-state index >= 15 is 0 Å². The van der Waals surface area contributed by atoms with Crippen LogP contribution >= 0.6 is 0 Å². The number of aromatic nitrogens is 2. The standard InChI is InChI=1S/C44H56N4O9/c1-11-43(5,6)29-17-21-35(32(24-29)44(7,8)12-2)56-23-13-14-37(49)46-30-18-22-36(55-10)33(25-30)47-40(51)38(39(50)28-15-19-31(54-9)20-16-28)48-34(26-45-42(48)53)41(52)57-27(3)4/h15-22,24-27,38H,11-14,23H2,1-10H3,(H,45,53)(H,46,49)(H,47,51). The lowest BCUT2D eigenvalue weighted by Crippen LogP contribution is -2.39. The van der Waals surface area contributed by atoms with Crippen LogP contribution in [-0.4, -0.2) is 60.0 Å². The molecule has 1 unspecified atom stereocenters. The molecule has 0 spiro atoms. The number of imidazole rings is 1. The van der Waals surface area contributed by atoms with Gasteiger partial charge in [0.15, 0.2) is 11.8 Å². The smallest absolute Gasteiger partial charge is 0.356 e. The first-order valence-electron chi connectivity index (χ1n) is 19.2. The van der Waals surface area contributed by atoms with E-state index in [1.54, 1.807) is 26.0 Å². The largest absolute Gasteiger partial charge is 0.497 e. The third kappa shape index (κ3) is 10.7. The monoisotopic (exact) mass is 784 g/mol. The number of nitrogens with zero attached hydrogens (tertiary/aromatic N) is 1. The van der Waals surface area contributed by atoms with Crippen molar-refractivity contribution in [3.8, 4) is 17.2 Å². The Morgan fingerprint density at radius 3 is 2.11 bits per heavy atom. The second-order valence-corrected chi connectivity index (χ2v) is 15.4. The molecule has 3 N–H and O–H groups in total. The van der Waals surface area contributed by atoms with Crippen LogP contribution in [0.15, 0.2) is 71.7 Å². The van der Waals surface area contributed by atoms with Crippen molar-refractivity contribution < 1.29 is 38.1 Å². The third-order valence-electron chi connectivity index (χ3n) is 10.3. The van der Waals surface area contributed by atoms with Crippen molar-refractivity contribution in [2.75, 3.05) is 31.5 Å². The van der Waals surface area contributed by atoms with Gasteiger partial charge in [-0.05, 0) is 98.0 Å². The van der Waals surface area contributed by atoms with Gasteiger partial charge in [0.1, 0.15) is 22.9 Å². The van der Waals surface area contributed by atoms with Crippen LogP contribution < -0.4 is 30.5 Å². The molecule has 1 aromatic heterocycles. The minimum absolute atomic E-state index is 0.0318. The molecule has 1 heterocycles. The molecule has 4 aromatic rings. The number of Topliss-reactive ketones (excluding diaryl/α,β-unsaturated/α-hetero) is 1. The van der Waals surface area contributed by atoms with E-state index < -0.39 is 35.5 Å². The second kappa shape index (κ2) is 18.9. The number of amides is 2. The van der Waals surface area contributed by atoms with E-state index in [2.05, 4.69) is 69.3 Å². The number of carbonyl (C=O) groups is 4. The maximum atomic E-state index is 14.1. The van der Waals surface area contributed by atoms with Gasteiger partial charge < -0.3 is 34.6 Å². The van der Waals surface area contributed by atoms with Gasteiger partial charge in [-0.15, -0.1) is 0 Å². The molecular weight excluding hydrogens is 729 g/mol. The summed E-state index contributed by atoms with van der Waals surface area (Å²) in [6, 6.07) is 15.1. The van der Waals surface area contributed by atoms with Gasteiger partial charge in [0.2, 0.25) is 5.91 Å². The number of nitrogens with one attached hydrogen (secondary N) is 3. The first kappa shape index (κ1) is 43.9. The number of ether oxygens (including phenoxy) is 4. The Hall–Kier alpha value is -5.85. The fourth-order valence-corrected chi connectivity index (χ4v) is 6.06. The van der Waals surface area contributed by atoms with Crippen LogP contribution in [0.4, 0.5) is 11.4 Å². The van der Waals surface area contributed by atoms with E-state index in [0.29, 0.717) is 24.5 Å². The first-order valence-corrected chi connectivity index (χ1v) is 19.2. The SMILES string of the molecule is CCC(C)(C)c1ccc(OCCCC(=O)Nc2ccc(OC)c(NC(=O)C(C(=O)c3ccc(OC)cc3)n3c(C(=O)OC(C)C)c[nH]c3=O)c2)c(C(C)(C)CC)c1. The number of H-pyrrole nitrogens is 1. The summed E-state index contributed by atoms with van der Waals surface area (Å²) in [4.78, 5) is 69.9. The average molecular weight is 785 g/mol. The summed E-state index contributed by atoms with van der Waals surface area (Å²) < 4.78 is 23.0. The molecule has 0 bridgehead atoms. The molecular formula is C44H56N4O9. The highest BCUT2D eigenvalue weighted by atomic mass is 16.5. The molecule has 1 atom stereocenters. The van der Waals surface area contributed by atoms with E-state index in [1.165, 1.54) is 50.1 Å². The fourth-order valence-electron chi connectivity index (χ4n) is 6.06. The highest BCUT2D eigenvalue weighted by Crippen LogP contribution is 2.38. The van der Waals surface area contributed by atoms with E-state index in [1.807, 2.05) is 6.07 Å². The van der Waals surface area contributed by atoms with Gasteiger partial charge in [-0.2, -0.15) is 0 Å². The number of rotatable bonds is 19. The number of benzene rings is 3. The zero-order valence-corrected chi connectivity index (χ0v) is 34.7. The Morgan fingerprint density at radius 1 is 0.825 bits per heavy atom. The molecule has 306 valence electrons. The summed E-state index contributed by atoms with van der Waals surface area (Å²) in [6.45, 7) is 16.8. The quantitative estimate of drug-likeness (QED) is 0.0370. The van der Waals surface area contributed by atoms with Gasteiger partial charge in [0, 0.05) is 29.4 Å². The normalized spacial score (nSPS) is 12.1. The Balaban J connectivity index is 1.53. The van der Waals surface area contributed by atoms with E-state index in [4.69, 9.17) is 18.9 Å². The van der Waals surface area contributed by atoms with E-state index in [-0.39, 0.29) is 45.9 Å². The van der Waals surface area contributed by atoms with Gasteiger partial charge in [0.05, 0.1) is 32.6 Å². The zero-order valence-electron chi connectivity index (χ0n) is 34.7. The van der Waals surface area contributed by atoms with Crippen LogP contribution in [0.25, 0.3) is 0 Å². The van der Waals surface area contributed by atoms with Crippen LogP contribution in [0.2, 0.25) is 0 Å². The number of aromatic amines is 1. The molecule has 0 fully saturated rings. The molecule has 0 saturated carbocycles. The summed E-state index contributed by atoms with van der Waals surface area (Å²) >= 11 is 0. The van der Waals surface area contributed by atoms with Crippen molar-refractivity contribution in [2.24, 2.45) is 0 Å². The highest BCUT2D eigenvalue weighted by molar-refractivity contribution is 6.16. The summed E-state index contributed by atoms with van der Waals surface area (Å²) in [5, 5.41) is 5.52. The minimum atomic E-state index is -1.85. The Kier molecular flexibility index (Phi) is 14.5. The van der Waals surface area contributed by atoms with Gasteiger partial charge in [0.25, 0.3) is 5.91 Å². The van der Waals surface area contributed by atoms with Crippen LogP contribution in [0.5, 0.6) is 17.2 Å². The predicted molar refractivity (Wildman–Crippen MR) is 220 cm³/mol. The molecule has 2 amide bonds. The van der Waals surface area contributed by atoms with Crippen molar-refractivity contribution >= 4 is 34.9 Å². The number of hydrogen-bond acceptors (Lipinski definition) is 9. The highest BCUT2D eigenvalue weighted by Gasteiger charge is 2.35. The van der Waals surface area contributed by atoms with Crippen molar-refractivity contribution in [3.05, 3.63) is 99.7 Å². The molecule has 13 nitrogen and oxygen atoms in total. The third-order valence-corrected chi connectivity index (χ3v) is 10.3. The van der Waals surface area contributed by atoms with Crippen molar-refractivity contribution in [1.29, 1.82) is 0 Å². The molecule has 4 rings (SSSR count). The Labute approximate surface area is 334 Å². The van der Waals surface area contributed by atoms with Gasteiger partial charge >= 0.3 is 11.7 Å². The summed E-state index contributed by atoms with van der Waals surface area (Å²) in [6.07, 6.45) is 3.09. The maximum Gasteiger partial charge on any atom is 0.356 e. The topological polar surface area (TPSA) is 167 Å². The van der Waals surface area contributed by atoms with E-state index in [0.717, 1.165) is 34.9 Å². The predicted octanol–water partition coefficient (Wildman–Crippen LogP) is 7.99. The van der Waals surface area contributed by atoms with Crippen LogP contribution in [0, 0.1) is 0 Å². The zero-order chi connectivity index (χ0) is 42.1. The lowest BCUT2D eigenvalue weighted by molar-refractivity contribution is -0.118. The molecule has 0 aliphatic heterocycles. The number of carbonyl (C=O) groups excluding carboxylic acids is 4. The van der Waals surface area contributed by atoms with Crippen molar-refractivity contribution in [3.63, 3.8) is 0 Å². The molecule has 0 saturated heterocycles. The van der Waals surface area contributed by atoms with Crippen LogP contribution in [-0.2, 0) is 25.2 Å². The molecule has 0 radical (unpaired) electrons. The number of methoxy groups -OCH3 is 2. The van der Waals surface area contributed by atoms with Crippen molar-refractivity contribution in [1.82, 2.24) is 9.55 Å². The van der Waals surface area contributed by atoms with Gasteiger partial charge in [-0.1, -0.05) is 53.7 Å².